The molecule has 9 nitrogen and oxygen atoms in total. The van der Waals surface area contributed by atoms with Crippen LogP contribution in [0, 0.1) is 0 Å². The standard InChI is InChI=1S/C16H22O9Si/c1-7-15(21-11(3)17)16(22-12(4)18,23-13(5)19)9-10-26(8-2,25-15)24-14(6)20/h7-8H,1-2,9-10H2,3-6H3. The molecule has 1 saturated heterocycles. The predicted molar refractivity (Wildman–Crippen MR) is 89.2 cm³/mol. The molecule has 0 saturated carbocycles. The molecule has 10 heteroatoms. The number of ether oxygens (including phenoxy) is 3. The molecule has 144 valence electrons. The lowest BCUT2D eigenvalue weighted by Crippen LogP contribution is -2.69. The molecule has 0 radical (unpaired) electrons. The maximum atomic E-state index is 11.7. The van der Waals surface area contributed by atoms with Gasteiger partial charge in [-0.1, -0.05) is 6.58 Å². The van der Waals surface area contributed by atoms with Gasteiger partial charge in [0.05, 0.1) is 0 Å². The Morgan fingerprint density at radius 1 is 0.923 bits per heavy atom. The van der Waals surface area contributed by atoms with Gasteiger partial charge in [-0.05, 0) is 11.8 Å². The van der Waals surface area contributed by atoms with E-state index < -0.39 is 44.0 Å². The van der Waals surface area contributed by atoms with Crippen LogP contribution in [0.4, 0.5) is 0 Å². The van der Waals surface area contributed by atoms with E-state index in [0.29, 0.717) is 0 Å². The van der Waals surface area contributed by atoms with Crippen LogP contribution in [0.5, 0.6) is 0 Å². The third kappa shape index (κ3) is 4.38. The summed E-state index contributed by atoms with van der Waals surface area (Å²) in [5.74, 6) is -7.43. The van der Waals surface area contributed by atoms with Gasteiger partial charge < -0.3 is 23.1 Å². The zero-order valence-electron chi connectivity index (χ0n) is 15.2. The number of esters is 3. The van der Waals surface area contributed by atoms with Crippen LogP contribution in [0.3, 0.4) is 0 Å². The van der Waals surface area contributed by atoms with Gasteiger partial charge in [0.15, 0.2) is 0 Å². The van der Waals surface area contributed by atoms with Crippen molar-refractivity contribution in [1.82, 2.24) is 0 Å². The minimum absolute atomic E-state index is 0.0352. The fraction of sp³-hybridized carbons (Fsp3) is 0.500. The van der Waals surface area contributed by atoms with Crippen molar-refractivity contribution in [2.24, 2.45) is 0 Å². The molecule has 1 rings (SSSR count). The average Bonchev–Trinajstić information content (AvgIpc) is 2.48. The summed E-state index contributed by atoms with van der Waals surface area (Å²) in [5, 5.41) is 0. The zero-order chi connectivity index (χ0) is 20.2. The molecule has 0 aromatic heterocycles. The molecule has 0 spiro atoms. The highest BCUT2D eigenvalue weighted by Crippen LogP contribution is 2.47. The highest BCUT2D eigenvalue weighted by Gasteiger charge is 2.68. The molecule has 1 aliphatic rings. The smallest absolute Gasteiger partial charge is 0.431 e. The normalized spacial score (nSPS) is 26.8. The third-order valence-corrected chi connectivity index (χ3v) is 6.32. The average molecular weight is 386 g/mol. The van der Waals surface area contributed by atoms with E-state index in [1.54, 1.807) is 0 Å². The van der Waals surface area contributed by atoms with E-state index in [1.165, 1.54) is 12.6 Å². The SMILES string of the molecule is C=CC1(OC(C)=O)O[Si](C=C)(OC(C)=O)CCC1(OC(C)=O)OC(C)=O. The zero-order valence-corrected chi connectivity index (χ0v) is 16.2. The van der Waals surface area contributed by atoms with Gasteiger partial charge in [0.2, 0.25) is 0 Å². The Kier molecular flexibility index (Phi) is 6.50. The molecular formula is C16H22O9Si. The Labute approximate surface area is 152 Å². The topological polar surface area (TPSA) is 114 Å². The summed E-state index contributed by atoms with van der Waals surface area (Å²) in [7, 11) is -3.45. The maximum Gasteiger partial charge on any atom is 0.431 e. The third-order valence-electron chi connectivity index (χ3n) is 3.47. The van der Waals surface area contributed by atoms with Crippen molar-refractivity contribution in [2.45, 2.75) is 51.7 Å². The Balaban J connectivity index is 3.57. The molecule has 0 amide bonds. The first-order valence-electron chi connectivity index (χ1n) is 7.71. The van der Waals surface area contributed by atoms with Gasteiger partial charge in [0.1, 0.15) is 0 Å². The molecule has 1 aliphatic heterocycles. The number of carbonyl (C=O) groups excluding carboxylic acids is 4. The van der Waals surface area contributed by atoms with Crippen molar-refractivity contribution in [1.29, 1.82) is 0 Å². The monoisotopic (exact) mass is 386 g/mol. The maximum absolute atomic E-state index is 11.7. The highest BCUT2D eigenvalue weighted by atomic mass is 28.4. The van der Waals surface area contributed by atoms with Crippen molar-refractivity contribution in [3.05, 3.63) is 24.9 Å². The van der Waals surface area contributed by atoms with Crippen LogP contribution in [0.25, 0.3) is 0 Å². The van der Waals surface area contributed by atoms with Crippen molar-refractivity contribution >= 4 is 32.4 Å². The van der Waals surface area contributed by atoms with Crippen LogP contribution < -0.4 is 0 Å². The molecule has 2 unspecified atom stereocenters. The fourth-order valence-corrected chi connectivity index (χ4v) is 5.25. The van der Waals surface area contributed by atoms with Crippen molar-refractivity contribution in [3.63, 3.8) is 0 Å². The first kappa shape index (κ1) is 21.6. The molecule has 0 aromatic rings. The highest BCUT2D eigenvalue weighted by molar-refractivity contribution is 6.74. The van der Waals surface area contributed by atoms with Crippen LogP contribution >= 0.6 is 0 Å². The lowest BCUT2D eigenvalue weighted by molar-refractivity contribution is -0.345. The first-order chi connectivity index (χ1) is 12.0. The number of hydrogen-bond acceptors (Lipinski definition) is 9. The van der Waals surface area contributed by atoms with E-state index in [1.807, 2.05) is 0 Å². The minimum atomic E-state index is -3.45. The summed E-state index contributed by atoms with van der Waals surface area (Å²) < 4.78 is 26.9. The van der Waals surface area contributed by atoms with Crippen molar-refractivity contribution < 1.29 is 42.2 Å². The van der Waals surface area contributed by atoms with Crippen LogP contribution in [-0.2, 0) is 42.2 Å². The summed E-state index contributed by atoms with van der Waals surface area (Å²) in [4.78, 5) is 46.5. The molecule has 1 heterocycles. The van der Waals surface area contributed by atoms with E-state index in [9.17, 15) is 19.2 Å². The Bertz CT molecular complexity index is 628. The molecule has 2 atom stereocenters. The van der Waals surface area contributed by atoms with E-state index in [2.05, 4.69) is 13.2 Å². The summed E-state index contributed by atoms with van der Waals surface area (Å²) in [6.07, 6.45) is 0.852. The summed E-state index contributed by atoms with van der Waals surface area (Å²) in [6.45, 7) is 11.6. The van der Waals surface area contributed by atoms with E-state index in [0.717, 1.165) is 26.8 Å². The number of hydrogen-bond donors (Lipinski definition) is 0. The van der Waals surface area contributed by atoms with Crippen LogP contribution in [-0.4, -0.2) is 44.0 Å². The van der Waals surface area contributed by atoms with Gasteiger partial charge in [-0.3, -0.25) is 19.2 Å². The quantitative estimate of drug-likeness (QED) is 0.289. The number of rotatable bonds is 6. The van der Waals surface area contributed by atoms with Crippen LogP contribution in [0.1, 0.15) is 34.1 Å². The van der Waals surface area contributed by atoms with Crippen molar-refractivity contribution in [2.75, 3.05) is 0 Å². The van der Waals surface area contributed by atoms with Crippen molar-refractivity contribution in [3.8, 4) is 0 Å². The molecule has 0 bridgehead atoms. The number of carbonyl (C=O) groups is 4. The molecule has 0 aliphatic carbocycles. The van der Waals surface area contributed by atoms with Gasteiger partial charge in [-0.2, -0.15) is 0 Å². The first-order valence-corrected chi connectivity index (χ1v) is 9.81. The lowest BCUT2D eigenvalue weighted by atomic mass is 10.0. The van der Waals surface area contributed by atoms with E-state index in [-0.39, 0.29) is 12.5 Å². The lowest BCUT2D eigenvalue weighted by Gasteiger charge is -2.51. The Morgan fingerprint density at radius 3 is 1.77 bits per heavy atom. The second-order valence-corrected chi connectivity index (χ2v) is 8.56. The second kappa shape index (κ2) is 7.83. The molecule has 0 N–H and O–H groups in total. The predicted octanol–water partition coefficient (Wildman–Crippen LogP) is 1.41. The Hall–Kier alpha value is -2.46. The van der Waals surface area contributed by atoms with E-state index in [4.69, 9.17) is 23.1 Å². The second-order valence-electron chi connectivity index (χ2n) is 5.62. The summed E-state index contributed by atoms with van der Waals surface area (Å²) in [6, 6.07) is 0.0352. The minimum Gasteiger partial charge on any atom is -0.491 e. The largest absolute Gasteiger partial charge is 0.491 e. The fourth-order valence-electron chi connectivity index (χ4n) is 2.68. The van der Waals surface area contributed by atoms with Gasteiger partial charge in [-0.15, -0.1) is 6.58 Å². The van der Waals surface area contributed by atoms with Gasteiger partial charge in [0.25, 0.3) is 5.97 Å². The molecule has 1 fully saturated rings. The van der Waals surface area contributed by atoms with Crippen LogP contribution in [0.2, 0.25) is 6.04 Å². The van der Waals surface area contributed by atoms with E-state index >= 15 is 0 Å². The van der Waals surface area contributed by atoms with Gasteiger partial charge >= 0.3 is 38.0 Å². The summed E-state index contributed by atoms with van der Waals surface area (Å²) >= 11 is 0. The van der Waals surface area contributed by atoms with Gasteiger partial charge in [0, 0.05) is 40.2 Å². The van der Waals surface area contributed by atoms with Gasteiger partial charge in [-0.25, -0.2) is 0 Å². The molecular weight excluding hydrogens is 364 g/mol. The Morgan fingerprint density at radius 2 is 1.42 bits per heavy atom. The van der Waals surface area contributed by atoms with Crippen LogP contribution in [0.15, 0.2) is 24.9 Å². The summed E-state index contributed by atoms with van der Waals surface area (Å²) in [5.41, 5.74) is 1.32. The molecule has 0 aromatic carbocycles. The molecule has 26 heavy (non-hydrogen) atoms.